The molecule has 0 unspecified atom stereocenters. The lowest BCUT2D eigenvalue weighted by molar-refractivity contribution is -0.384. The quantitative estimate of drug-likeness (QED) is 0.180. The average molecular weight is 603 g/mol. The van der Waals surface area contributed by atoms with Gasteiger partial charge in [0.15, 0.2) is 4.80 Å². The molecule has 1 saturated heterocycles. The Labute approximate surface area is 248 Å². The van der Waals surface area contributed by atoms with Gasteiger partial charge in [-0.2, -0.15) is 0 Å². The molecule has 0 N–H and O–H groups in total. The summed E-state index contributed by atoms with van der Waals surface area (Å²) in [6.07, 6.45) is 1.68. The maximum atomic E-state index is 14.1. The molecule has 0 spiro atoms. The Hall–Kier alpha value is -4.39. The van der Waals surface area contributed by atoms with Crippen LogP contribution in [0.15, 0.2) is 81.4 Å². The first-order chi connectivity index (χ1) is 20.5. The Morgan fingerprint density at radius 1 is 1.17 bits per heavy atom. The molecular formula is C30H26N4O6S2. The van der Waals surface area contributed by atoms with Gasteiger partial charge in [-0.05, 0) is 30.5 Å². The number of nitro benzene ring substituents is 1. The van der Waals surface area contributed by atoms with E-state index in [-0.39, 0.29) is 23.4 Å². The van der Waals surface area contributed by atoms with E-state index in [4.69, 9.17) is 14.5 Å². The summed E-state index contributed by atoms with van der Waals surface area (Å²) < 4.78 is 12.9. The number of carbonyl (C=O) groups excluding carboxylic acids is 1. The van der Waals surface area contributed by atoms with Crippen LogP contribution in [0.4, 0.5) is 11.4 Å². The van der Waals surface area contributed by atoms with Gasteiger partial charge in [0.25, 0.3) is 11.2 Å². The van der Waals surface area contributed by atoms with Gasteiger partial charge in [-0.15, -0.1) is 11.3 Å². The number of carbonyl (C=O) groups is 1. The highest BCUT2D eigenvalue weighted by Gasteiger charge is 2.35. The van der Waals surface area contributed by atoms with Crippen LogP contribution in [0, 0.1) is 10.1 Å². The van der Waals surface area contributed by atoms with Gasteiger partial charge < -0.3 is 14.4 Å². The number of hydrogen-bond acceptors (Lipinski definition) is 10. The van der Waals surface area contributed by atoms with Crippen molar-refractivity contribution in [1.29, 1.82) is 0 Å². The van der Waals surface area contributed by atoms with Crippen LogP contribution in [0.25, 0.3) is 11.8 Å². The zero-order chi connectivity index (χ0) is 29.2. The standard InChI is InChI=1S/C30H26N4O6S2/c1-2-40-29(36)25-26(19-7-4-3-5-8-19)31-30-33(27(25)23-9-6-16-41-23)28(35)24(42-30)18-20-17-21(34(37)38)10-11-22(20)32-12-14-39-15-13-32/h3-11,16-18,27H,2,12-15H2,1H3/b24-18+/t27-/m1/s1. The summed E-state index contributed by atoms with van der Waals surface area (Å²) in [6.45, 7) is 4.24. The summed E-state index contributed by atoms with van der Waals surface area (Å²) in [4.78, 5) is 47.0. The van der Waals surface area contributed by atoms with Crippen molar-refractivity contribution in [3.05, 3.63) is 117 Å². The van der Waals surface area contributed by atoms with Gasteiger partial charge in [-0.3, -0.25) is 19.5 Å². The smallest absolute Gasteiger partial charge is 0.338 e. The van der Waals surface area contributed by atoms with Crippen LogP contribution < -0.4 is 19.8 Å². The van der Waals surface area contributed by atoms with Crippen LogP contribution in [-0.4, -0.2) is 48.4 Å². The molecule has 2 aliphatic rings. The van der Waals surface area contributed by atoms with Crippen LogP contribution in [0.2, 0.25) is 0 Å². The second kappa shape index (κ2) is 11.8. The maximum Gasteiger partial charge on any atom is 0.338 e. The summed E-state index contributed by atoms with van der Waals surface area (Å²) in [5, 5.41) is 13.5. The van der Waals surface area contributed by atoms with Crippen LogP contribution in [-0.2, 0) is 14.3 Å². The average Bonchev–Trinajstić information content (AvgIpc) is 3.65. The fourth-order valence-corrected chi connectivity index (χ4v) is 6.98. The molecule has 214 valence electrons. The van der Waals surface area contributed by atoms with E-state index in [1.165, 1.54) is 39.4 Å². The van der Waals surface area contributed by atoms with E-state index in [1.54, 1.807) is 19.1 Å². The van der Waals surface area contributed by atoms with Crippen molar-refractivity contribution in [2.24, 2.45) is 4.99 Å². The third-order valence-electron chi connectivity index (χ3n) is 7.05. The van der Waals surface area contributed by atoms with E-state index in [1.807, 2.05) is 47.8 Å². The van der Waals surface area contributed by atoms with Crippen molar-refractivity contribution in [3.63, 3.8) is 0 Å². The normalized spacial score (nSPS) is 17.1. The molecule has 10 nitrogen and oxygen atoms in total. The molecule has 0 saturated carbocycles. The van der Waals surface area contributed by atoms with Crippen LogP contribution in [0.1, 0.15) is 29.0 Å². The molecule has 0 bridgehead atoms. The minimum Gasteiger partial charge on any atom is -0.463 e. The SMILES string of the molecule is CCOC(=O)C1=C(c2ccccc2)N=c2s/c(=C/c3cc([N+](=O)[O-])ccc3N3CCOCC3)c(=O)n2[C@@H]1c1cccs1. The van der Waals surface area contributed by atoms with Gasteiger partial charge in [0, 0.05) is 46.9 Å². The van der Waals surface area contributed by atoms with E-state index < -0.39 is 16.9 Å². The van der Waals surface area contributed by atoms with Crippen molar-refractivity contribution in [1.82, 2.24) is 4.57 Å². The summed E-state index contributed by atoms with van der Waals surface area (Å²) >= 11 is 2.62. The van der Waals surface area contributed by atoms with Gasteiger partial charge >= 0.3 is 5.97 Å². The molecule has 0 radical (unpaired) electrons. The van der Waals surface area contributed by atoms with Crippen LogP contribution in [0.5, 0.6) is 0 Å². The Morgan fingerprint density at radius 3 is 2.64 bits per heavy atom. The van der Waals surface area contributed by atoms with Crippen LogP contribution in [0.3, 0.4) is 0 Å². The van der Waals surface area contributed by atoms with Crippen molar-refractivity contribution in [3.8, 4) is 0 Å². The maximum absolute atomic E-state index is 14.1. The molecule has 4 aromatic rings. The molecule has 2 aliphatic heterocycles. The molecule has 1 atom stereocenters. The van der Waals surface area contributed by atoms with E-state index in [0.29, 0.717) is 46.9 Å². The van der Waals surface area contributed by atoms with Gasteiger partial charge in [-0.1, -0.05) is 47.7 Å². The van der Waals surface area contributed by atoms with Crippen molar-refractivity contribution in [2.45, 2.75) is 13.0 Å². The lowest BCUT2D eigenvalue weighted by atomic mass is 9.97. The minimum absolute atomic E-state index is 0.0709. The summed E-state index contributed by atoms with van der Waals surface area (Å²) in [5.41, 5.74) is 2.38. The highest BCUT2D eigenvalue weighted by atomic mass is 32.1. The first-order valence-corrected chi connectivity index (χ1v) is 15.1. The van der Waals surface area contributed by atoms with Crippen molar-refractivity contribution >= 4 is 51.8 Å². The number of thiophene rings is 1. The summed E-state index contributed by atoms with van der Waals surface area (Å²) in [5.74, 6) is -0.541. The molecule has 6 rings (SSSR count). The van der Waals surface area contributed by atoms with E-state index in [2.05, 4.69) is 4.90 Å². The molecule has 4 heterocycles. The Bertz CT molecular complexity index is 1860. The fraction of sp³-hybridized carbons (Fsp3) is 0.233. The number of esters is 1. The number of benzene rings is 2. The van der Waals surface area contributed by atoms with Crippen molar-refractivity contribution < 1.29 is 19.2 Å². The molecular weight excluding hydrogens is 576 g/mol. The van der Waals surface area contributed by atoms with E-state index >= 15 is 0 Å². The number of fused-ring (bicyclic) bond motifs is 1. The minimum atomic E-state index is -0.749. The molecule has 0 aliphatic carbocycles. The molecule has 1 fully saturated rings. The second-order valence-electron chi connectivity index (χ2n) is 9.55. The first-order valence-electron chi connectivity index (χ1n) is 13.4. The number of aromatic nitrogens is 1. The lowest BCUT2D eigenvalue weighted by Crippen LogP contribution is -2.39. The molecule has 0 amide bonds. The van der Waals surface area contributed by atoms with Gasteiger partial charge in [-0.25, -0.2) is 9.79 Å². The molecule has 2 aromatic carbocycles. The number of morpholine rings is 1. The summed E-state index contributed by atoms with van der Waals surface area (Å²) in [7, 11) is 0. The fourth-order valence-electron chi connectivity index (χ4n) is 5.16. The number of hydrogen-bond donors (Lipinski definition) is 0. The highest BCUT2D eigenvalue weighted by molar-refractivity contribution is 7.10. The van der Waals surface area contributed by atoms with Crippen LogP contribution >= 0.6 is 22.7 Å². The number of ether oxygens (including phenoxy) is 2. The number of nitro groups is 1. The Kier molecular flexibility index (Phi) is 7.83. The Balaban J connectivity index is 1.60. The Morgan fingerprint density at radius 2 is 1.95 bits per heavy atom. The number of thiazole rings is 1. The molecule has 42 heavy (non-hydrogen) atoms. The van der Waals surface area contributed by atoms with Gasteiger partial charge in [0.05, 0.1) is 40.5 Å². The number of non-ortho nitro benzene ring substituents is 1. The monoisotopic (exact) mass is 602 g/mol. The van der Waals surface area contributed by atoms with E-state index in [0.717, 1.165) is 16.1 Å². The predicted molar refractivity (Wildman–Crippen MR) is 162 cm³/mol. The van der Waals surface area contributed by atoms with Gasteiger partial charge in [0.2, 0.25) is 0 Å². The zero-order valence-electron chi connectivity index (χ0n) is 22.6. The van der Waals surface area contributed by atoms with Crippen molar-refractivity contribution in [2.75, 3.05) is 37.8 Å². The highest BCUT2D eigenvalue weighted by Crippen LogP contribution is 2.37. The van der Waals surface area contributed by atoms with Gasteiger partial charge in [0.1, 0.15) is 6.04 Å². The number of rotatable bonds is 7. The predicted octanol–water partition coefficient (Wildman–Crippen LogP) is 3.74. The zero-order valence-corrected chi connectivity index (χ0v) is 24.2. The third-order valence-corrected chi connectivity index (χ3v) is 8.95. The topological polar surface area (TPSA) is 116 Å². The molecule has 12 heteroatoms. The lowest BCUT2D eigenvalue weighted by Gasteiger charge is -2.30. The second-order valence-corrected chi connectivity index (χ2v) is 11.5. The first kappa shape index (κ1) is 27.8. The third kappa shape index (κ3) is 5.20. The number of anilines is 1. The summed E-state index contributed by atoms with van der Waals surface area (Å²) in [6, 6.07) is 17.0. The largest absolute Gasteiger partial charge is 0.463 e. The van der Waals surface area contributed by atoms with E-state index in [9.17, 15) is 19.7 Å². The molecule has 2 aromatic heterocycles. The number of nitrogens with zero attached hydrogens (tertiary/aromatic N) is 4.